The number of nitrogens with zero attached hydrogens (tertiary/aromatic N) is 1. The maximum absolute atomic E-state index is 11.4. The molecule has 1 aliphatic rings. The second-order valence-electron chi connectivity index (χ2n) is 7.74. The molecule has 1 unspecified atom stereocenters. The van der Waals surface area contributed by atoms with Crippen LogP contribution in [0.15, 0.2) is 29.3 Å². The molecule has 1 aliphatic carbocycles. The van der Waals surface area contributed by atoms with Gasteiger partial charge < -0.3 is 10.6 Å². The number of aliphatic imine (C=N–C) groups is 1. The van der Waals surface area contributed by atoms with Gasteiger partial charge in [-0.15, -0.1) is 0 Å². The average molecular weight is 414 g/mol. The largest absolute Gasteiger partial charge is 0.356 e. The highest BCUT2D eigenvalue weighted by molar-refractivity contribution is 7.90. The first-order valence-corrected chi connectivity index (χ1v) is 12.1. The number of benzene rings is 1. The molecule has 1 aromatic carbocycles. The number of nitrogens with one attached hydrogen (secondary N) is 2. The maximum Gasteiger partial charge on any atom is 0.191 e. The summed E-state index contributed by atoms with van der Waals surface area (Å²) in [5.41, 5.74) is 1.40. The quantitative estimate of drug-likeness (QED) is 0.529. The lowest BCUT2D eigenvalue weighted by atomic mass is 9.69. The lowest BCUT2D eigenvalue weighted by Crippen LogP contribution is -2.48. The molecule has 0 spiro atoms. The maximum atomic E-state index is 11.4. The molecule has 27 heavy (non-hydrogen) atoms. The Labute approximate surface area is 168 Å². The summed E-state index contributed by atoms with van der Waals surface area (Å²) in [5, 5.41) is 7.55. The van der Waals surface area contributed by atoms with Gasteiger partial charge in [0.1, 0.15) is 9.84 Å². The lowest BCUT2D eigenvalue weighted by Gasteiger charge is -2.38. The van der Waals surface area contributed by atoms with E-state index in [4.69, 9.17) is 11.6 Å². The minimum Gasteiger partial charge on any atom is -0.356 e. The summed E-state index contributed by atoms with van der Waals surface area (Å²) >= 11 is 6.08. The van der Waals surface area contributed by atoms with Crippen LogP contribution in [0.3, 0.4) is 0 Å². The molecule has 5 nitrogen and oxygen atoms in total. The molecule has 1 aromatic rings. The Bertz CT molecular complexity index is 726. The van der Waals surface area contributed by atoms with Gasteiger partial charge in [-0.1, -0.05) is 43.0 Å². The van der Waals surface area contributed by atoms with Crippen LogP contribution < -0.4 is 10.6 Å². The molecule has 2 N–H and O–H groups in total. The predicted molar refractivity (Wildman–Crippen MR) is 115 cm³/mol. The predicted octanol–water partition coefficient (Wildman–Crippen LogP) is 3.53. The van der Waals surface area contributed by atoms with Crippen LogP contribution in [-0.4, -0.2) is 46.0 Å². The molecule has 1 saturated carbocycles. The summed E-state index contributed by atoms with van der Waals surface area (Å²) in [6.45, 7) is 2.78. The standard InChI is InChI=1S/C20H32ClN3O2S/c1-16(11-14-27(3,25)26)24-19(22-2)23-15-20(12-5-4-6-13-20)17-7-9-18(21)10-8-17/h7-10,16H,4-6,11-15H2,1-3H3,(H2,22,23,24). The topological polar surface area (TPSA) is 70.6 Å². The molecule has 2 rings (SSSR count). The van der Waals surface area contributed by atoms with Gasteiger partial charge in [-0.3, -0.25) is 4.99 Å². The summed E-state index contributed by atoms with van der Waals surface area (Å²) in [7, 11) is -1.21. The minimum atomic E-state index is -2.95. The van der Waals surface area contributed by atoms with Crippen molar-refractivity contribution >= 4 is 27.4 Å². The molecule has 0 heterocycles. The van der Waals surface area contributed by atoms with Gasteiger partial charge in [0.05, 0.1) is 5.75 Å². The first-order chi connectivity index (χ1) is 12.7. The van der Waals surface area contributed by atoms with Crippen molar-refractivity contribution in [2.75, 3.05) is 25.6 Å². The van der Waals surface area contributed by atoms with E-state index < -0.39 is 9.84 Å². The van der Waals surface area contributed by atoms with Crippen molar-refractivity contribution in [2.24, 2.45) is 4.99 Å². The molecule has 0 bridgehead atoms. The van der Waals surface area contributed by atoms with Gasteiger partial charge in [0.15, 0.2) is 5.96 Å². The van der Waals surface area contributed by atoms with Crippen LogP contribution in [0, 0.1) is 0 Å². The monoisotopic (exact) mass is 413 g/mol. The SMILES string of the molecule is CN=C(NCC1(c2ccc(Cl)cc2)CCCCC1)NC(C)CCS(C)(=O)=O. The van der Waals surface area contributed by atoms with E-state index >= 15 is 0 Å². The Morgan fingerprint density at radius 2 is 1.85 bits per heavy atom. The molecule has 0 aliphatic heterocycles. The molecular weight excluding hydrogens is 382 g/mol. The summed E-state index contributed by atoms with van der Waals surface area (Å²) in [5.74, 6) is 0.891. The zero-order valence-electron chi connectivity index (χ0n) is 16.6. The first kappa shape index (κ1) is 22.0. The molecule has 0 saturated heterocycles. The fourth-order valence-corrected chi connectivity index (χ4v) is 4.65. The third kappa shape index (κ3) is 7.00. The van der Waals surface area contributed by atoms with Crippen molar-refractivity contribution in [1.82, 2.24) is 10.6 Å². The normalized spacial score (nSPS) is 18.7. The van der Waals surface area contributed by atoms with Gasteiger partial charge in [-0.05, 0) is 43.9 Å². The minimum absolute atomic E-state index is 0.0313. The van der Waals surface area contributed by atoms with Crippen LogP contribution in [-0.2, 0) is 15.3 Å². The molecule has 0 amide bonds. The summed E-state index contributed by atoms with van der Waals surface area (Å²) < 4.78 is 22.7. The highest BCUT2D eigenvalue weighted by Crippen LogP contribution is 2.39. The number of hydrogen-bond acceptors (Lipinski definition) is 3. The first-order valence-electron chi connectivity index (χ1n) is 9.65. The number of hydrogen-bond donors (Lipinski definition) is 2. The van der Waals surface area contributed by atoms with Crippen molar-refractivity contribution in [3.05, 3.63) is 34.9 Å². The summed E-state index contributed by atoms with van der Waals surface area (Å²) in [6.07, 6.45) is 7.84. The Balaban J connectivity index is 2.01. The van der Waals surface area contributed by atoms with Gasteiger partial charge in [0.25, 0.3) is 0 Å². The molecule has 1 fully saturated rings. The molecule has 0 radical (unpaired) electrons. The molecular formula is C20H32ClN3O2S. The zero-order valence-corrected chi connectivity index (χ0v) is 18.2. The second kappa shape index (κ2) is 9.78. The Morgan fingerprint density at radius 3 is 2.41 bits per heavy atom. The van der Waals surface area contributed by atoms with Gasteiger partial charge >= 0.3 is 0 Å². The van der Waals surface area contributed by atoms with Crippen molar-refractivity contribution in [2.45, 2.75) is 56.9 Å². The van der Waals surface area contributed by atoms with Gasteiger partial charge in [0, 0.05) is 36.3 Å². The smallest absolute Gasteiger partial charge is 0.191 e. The van der Waals surface area contributed by atoms with Gasteiger partial charge in [-0.2, -0.15) is 0 Å². The number of rotatable bonds is 7. The van der Waals surface area contributed by atoms with E-state index in [-0.39, 0.29) is 17.2 Å². The van der Waals surface area contributed by atoms with Gasteiger partial charge in [-0.25, -0.2) is 8.42 Å². The highest BCUT2D eigenvalue weighted by atomic mass is 35.5. The third-order valence-electron chi connectivity index (χ3n) is 5.39. The molecule has 1 atom stereocenters. The van der Waals surface area contributed by atoms with E-state index in [1.54, 1.807) is 7.05 Å². The summed E-state index contributed by atoms with van der Waals surface area (Å²) in [4.78, 5) is 4.32. The summed E-state index contributed by atoms with van der Waals surface area (Å²) in [6, 6.07) is 8.24. The van der Waals surface area contributed by atoms with Crippen molar-refractivity contribution in [3.63, 3.8) is 0 Å². The Kier molecular flexibility index (Phi) is 7.98. The van der Waals surface area contributed by atoms with E-state index in [9.17, 15) is 8.42 Å². The van der Waals surface area contributed by atoms with E-state index in [0.717, 1.165) is 30.4 Å². The van der Waals surface area contributed by atoms with Crippen LogP contribution in [0.1, 0.15) is 51.0 Å². The zero-order chi connectivity index (χ0) is 19.9. The van der Waals surface area contributed by atoms with Crippen LogP contribution >= 0.6 is 11.6 Å². The number of guanidine groups is 1. The van der Waals surface area contributed by atoms with Crippen LogP contribution in [0.25, 0.3) is 0 Å². The van der Waals surface area contributed by atoms with E-state index in [1.165, 1.54) is 31.1 Å². The third-order valence-corrected chi connectivity index (χ3v) is 6.62. The van der Waals surface area contributed by atoms with Crippen LogP contribution in [0.2, 0.25) is 5.02 Å². The fraction of sp³-hybridized carbons (Fsp3) is 0.650. The molecule has 0 aromatic heterocycles. The van der Waals surface area contributed by atoms with E-state index in [0.29, 0.717) is 6.42 Å². The number of sulfone groups is 1. The Hall–Kier alpha value is -1.27. The average Bonchev–Trinajstić information content (AvgIpc) is 2.64. The number of halogens is 1. The molecule has 152 valence electrons. The Morgan fingerprint density at radius 1 is 1.22 bits per heavy atom. The molecule has 7 heteroatoms. The van der Waals surface area contributed by atoms with Crippen LogP contribution in [0.5, 0.6) is 0 Å². The van der Waals surface area contributed by atoms with E-state index in [2.05, 4.69) is 27.8 Å². The fourth-order valence-electron chi connectivity index (χ4n) is 3.74. The van der Waals surface area contributed by atoms with Gasteiger partial charge in [0.2, 0.25) is 0 Å². The van der Waals surface area contributed by atoms with E-state index in [1.807, 2.05) is 19.1 Å². The van der Waals surface area contributed by atoms with Crippen molar-refractivity contribution in [3.8, 4) is 0 Å². The lowest BCUT2D eigenvalue weighted by molar-refractivity contribution is 0.291. The highest BCUT2D eigenvalue weighted by Gasteiger charge is 2.34. The van der Waals surface area contributed by atoms with Crippen molar-refractivity contribution in [1.29, 1.82) is 0 Å². The van der Waals surface area contributed by atoms with Crippen molar-refractivity contribution < 1.29 is 8.42 Å². The second-order valence-corrected chi connectivity index (χ2v) is 10.4. The van der Waals surface area contributed by atoms with Crippen LogP contribution in [0.4, 0.5) is 0 Å².